The van der Waals surface area contributed by atoms with Gasteiger partial charge >= 0.3 is 0 Å². The topological polar surface area (TPSA) is 48.9 Å². The molecular formula is C16H35IN4O. The van der Waals surface area contributed by atoms with Gasteiger partial charge in [-0.15, -0.1) is 24.0 Å². The predicted octanol–water partition coefficient (Wildman–Crippen LogP) is 2.46. The highest BCUT2D eigenvalue weighted by Crippen LogP contribution is 2.20. The first kappa shape index (κ1) is 21.9. The van der Waals surface area contributed by atoms with E-state index in [9.17, 15) is 0 Å². The number of rotatable bonds is 9. The van der Waals surface area contributed by atoms with Gasteiger partial charge in [0.25, 0.3) is 0 Å². The summed E-state index contributed by atoms with van der Waals surface area (Å²) in [7, 11) is 3.94. The Balaban J connectivity index is 0.00000441. The molecule has 0 radical (unpaired) electrons. The van der Waals surface area contributed by atoms with Crippen molar-refractivity contribution in [3.63, 3.8) is 0 Å². The van der Waals surface area contributed by atoms with Gasteiger partial charge in [0, 0.05) is 33.3 Å². The van der Waals surface area contributed by atoms with Crippen molar-refractivity contribution in [2.45, 2.75) is 51.6 Å². The van der Waals surface area contributed by atoms with E-state index in [0.717, 1.165) is 45.2 Å². The summed E-state index contributed by atoms with van der Waals surface area (Å²) in [6, 6.07) is 0. The average molecular weight is 426 g/mol. The van der Waals surface area contributed by atoms with Crippen LogP contribution < -0.4 is 10.6 Å². The van der Waals surface area contributed by atoms with Crippen LogP contribution in [0.25, 0.3) is 0 Å². The number of ether oxygens (including phenoxy) is 1. The number of likely N-dealkylation sites (N-methyl/N-ethyl adjacent to an activating group) is 1. The van der Waals surface area contributed by atoms with E-state index in [0.29, 0.717) is 6.10 Å². The fourth-order valence-electron chi connectivity index (χ4n) is 2.50. The van der Waals surface area contributed by atoms with Crippen molar-refractivity contribution >= 4 is 29.9 Å². The highest BCUT2D eigenvalue weighted by molar-refractivity contribution is 14.0. The molecule has 22 heavy (non-hydrogen) atoms. The predicted molar refractivity (Wildman–Crippen MR) is 105 cm³/mol. The van der Waals surface area contributed by atoms with E-state index in [1.807, 2.05) is 7.05 Å². The number of nitrogens with one attached hydrogen (secondary N) is 2. The Morgan fingerprint density at radius 2 is 1.86 bits per heavy atom. The van der Waals surface area contributed by atoms with Gasteiger partial charge in [-0.1, -0.05) is 26.2 Å². The lowest BCUT2D eigenvalue weighted by Crippen LogP contribution is -2.41. The summed E-state index contributed by atoms with van der Waals surface area (Å²) < 4.78 is 5.92. The van der Waals surface area contributed by atoms with Crippen LogP contribution in [-0.2, 0) is 4.74 Å². The summed E-state index contributed by atoms with van der Waals surface area (Å²) in [5.41, 5.74) is 0. The van der Waals surface area contributed by atoms with Gasteiger partial charge in [-0.2, -0.15) is 0 Å². The third-order valence-corrected chi connectivity index (χ3v) is 4.07. The van der Waals surface area contributed by atoms with Crippen molar-refractivity contribution in [2.75, 3.05) is 46.9 Å². The summed E-state index contributed by atoms with van der Waals surface area (Å²) in [5.74, 6) is 0.886. The second-order valence-electron chi connectivity index (χ2n) is 5.81. The monoisotopic (exact) mass is 426 g/mol. The molecule has 1 aliphatic rings. The third-order valence-electron chi connectivity index (χ3n) is 4.07. The van der Waals surface area contributed by atoms with E-state index in [1.165, 1.54) is 32.1 Å². The molecule has 0 aromatic carbocycles. The van der Waals surface area contributed by atoms with Gasteiger partial charge in [0.1, 0.15) is 0 Å². The molecule has 0 bridgehead atoms. The van der Waals surface area contributed by atoms with Crippen molar-refractivity contribution in [3.05, 3.63) is 0 Å². The molecule has 6 heteroatoms. The summed E-state index contributed by atoms with van der Waals surface area (Å²) in [6.07, 6.45) is 8.12. The SMILES string of the molecule is CCN(C)CCNC(=NC)NCCCOC1CCCCC1.I. The molecule has 1 aliphatic carbocycles. The van der Waals surface area contributed by atoms with Gasteiger partial charge in [-0.05, 0) is 32.9 Å². The lowest BCUT2D eigenvalue weighted by molar-refractivity contribution is 0.0277. The standard InChI is InChI=1S/C16H34N4O.HI/c1-4-20(3)13-12-19-16(17-2)18-11-8-14-21-15-9-6-5-7-10-15;/h15H,4-14H2,1-3H3,(H2,17,18,19);1H. The van der Waals surface area contributed by atoms with Crippen LogP contribution in [-0.4, -0.2) is 63.8 Å². The molecule has 0 saturated heterocycles. The quantitative estimate of drug-likeness (QED) is 0.258. The number of nitrogens with zero attached hydrogens (tertiary/aromatic N) is 2. The Hall–Kier alpha value is -0.0800. The van der Waals surface area contributed by atoms with Crippen molar-refractivity contribution in [1.29, 1.82) is 0 Å². The molecule has 1 rings (SSSR count). The van der Waals surface area contributed by atoms with E-state index in [1.54, 1.807) is 0 Å². The highest BCUT2D eigenvalue weighted by atomic mass is 127. The lowest BCUT2D eigenvalue weighted by atomic mass is 9.98. The molecule has 0 unspecified atom stereocenters. The fraction of sp³-hybridized carbons (Fsp3) is 0.938. The number of aliphatic imine (C=N–C) groups is 1. The molecule has 0 spiro atoms. The molecule has 2 N–H and O–H groups in total. The molecule has 0 atom stereocenters. The van der Waals surface area contributed by atoms with Gasteiger partial charge in [-0.25, -0.2) is 0 Å². The van der Waals surface area contributed by atoms with Crippen LogP contribution in [0.2, 0.25) is 0 Å². The highest BCUT2D eigenvalue weighted by Gasteiger charge is 2.12. The van der Waals surface area contributed by atoms with Crippen LogP contribution >= 0.6 is 24.0 Å². The lowest BCUT2D eigenvalue weighted by Gasteiger charge is -2.22. The van der Waals surface area contributed by atoms with Gasteiger partial charge in [0.2, 0.25) is 0 Å². The maximum atomic E-state index is 5.92. The Kier molecular flexibility index (Phi) is 14.5. The van der Waals surface area contributed by atoms with Crippen molar-refractivity contribution in [1.82, 2.24) is 15.5 Å². The van der Waals surface area contributed by atoms with Crippen LogP contribution in [0.5, 0.6) is 0 Å². The average Bonchev–Trinajstić information content (AvgIpc) is 2.53. The first-order valence-electron chi connectivity index (χ1n) is 8.51. The minimum absolute atomic E-state index is 0. The largest absolute Gasteiger partial charge is 0.378 e. The molecule has 1 saturated carbocycles. The first-order valence-corrected chi connectivity index (χ1v) is 8.51. The Labute approximate surface area is 153 Å². The van der Waals surface area contributed by atoms with E-state index in [4.69, 9.17) is 4.74 Å². The maximum Gasteiger partial charge on any atom is 0.191 e. The number of halogens is 1. The van der Waals surface area contributed by atoms with Gasteiger partial charge in [0.05, 0.1) is 6.10 Å². The zero-order chi connectivity index (χ0) is 15.3. The van der Waals surface area contributed by atoms with Crippen molar-refractivity contribution in [2.24, 2.45) is 4.99 Å². The molecule has 0 aromatic heterocycles. The third kappa shape index (κ3) is 10.6. The van der Waals surface area contributed by atoms with E-state index >= 15 is 0 Å². The smallest absolute Gasteiger partial charge is 0.191 e. The van der Waals surface area contributed by atoms with Crippen molar-refractivity contribution < 1.29 is 4.74 Å². The molecule has 0 amide bonds. The van der Waals surface area contributed by atoms with Gasteiger partial charge in [0.15, 0.2) is 5.96 Å². The Bertz CT molecular complexity index is 283. The zero-order valence-corrected chi connectivity index (χ0v) is 16.9. The van der Waals surface area contributed by atoms with Crippen LogP contribution in [0, 0.1) is 0 Å². The molecular weight excluding hydrogens is 391 g/mol. The first-order chi connectivity index (χ1) is 10.3. The van der Waals surface area contributed by atoms with Crippen molar-refractivity contribution in [3.8, 4) is 0 Å². The maximum absolute atomic E-state index is 5.92. The van der Waals surface area contributed by atoms with Gasteiger partial charge < -0.3 is 20.3 Å². The zero-order valence-electron chi connectivity index (χ0n) is 14.6. The summed E-state index contributed by atoms with van der Waals surface area (Å²) in [6.45, 7) is 6.96. The van der Waals surface area contributed by atoms with Crippen LogP contribution in [0.3, 0.4) is 0 Å². The minimum Gasteiger partial charge on any atom is -0.378 e. The molecule has 0 aliphatic heterocycles. The molecule has 0 heterocycles. The molecule has 5 nitrogen and oxygen atoms in total. The van der Waals surface area contributed by atoms with Crippen LogP contribution in [0.4, 0.5) is 0 Å². The summed E-state index contributed by atoms with van der Waals surface area (Å²) >= 11 is 0. The van der Waals surface area contributed by atoms with E-state index in [2.05, 4.69) is 34.5 Å². The second kappa shape index (κ2) is 14.5. The fourth-order valence-corrected chi connectivity index (χ4v) is 2.50. The molecule has 1 fully saturated rings. The number of hydrogen-bond donors (Lipinski definition) is 2. The second-order valence-corrected chi connectivity index (χ2v) is 5.81. The Morgan fingerprint density at radius 3 is 2.50 bits per heavy atom. The van der Waals surface area contributed by atoms with Gasteiger partial charge in [-0.3, -0.25) is 4.99 Å². The van der Waals surface area contributed by atoms with E-state index in [-0.39, 0.29) is 24.0 Å². The number of guanidine groups is 1. The summed E-state index contributed by atoms with van der Waals surface area (Å²) in [4.78, 5) is 6.51. The Morgan fingerprint density at radius 1 is 1.18 bits per heavy atom. The van der Waals surface area contributed by atoms with E-state index < -0.39 is 0 Å². The summed E-state index contributed by atoms with van der Waals surface area (Å²) in [5, 5.41) is 6.67. The van der Waals surface area contributed by atoms with Crippen LogP contribution in [0.15, 0.2) is 4.99 Å². The molecule has 132 valence electrons. The normalized spacial score (nSPS) is 16.5. The minimum atomic E-state index is 0. The number of hydrogen-bond acceptors (Lipinski definition) is 3. The molecule has 0 aromatic rings. The van der Waals surface area contributed by atoms with Crippen LogP contribution in [0.1, 0.15) is 45.4 Å².